The van der Waals surface area contributed by atoms with E-state index in [0.29, 0.717) is 30.0 Å². The van der Waals surface area contributed by atoms with Gasteiger partial charge in [0.15, 0.2) is 0 Å². The van der Waals surface area contributed by atoms with Gasteiger partial charge in [-0.15, -0.1) is 0 Å². The highest BCUT2D eigenvalue weighted by Gasteiger charge is 2.17. The van der Waals surface area contributed by atoms with E-state index in [1.54, 1.807) is 50.6 Å². The Morgan fingerprint density at radius 3 is 2.64 bits per heavy atom. The number of carbonyl (C=O) groups excluding carboxylic acids is 1. The van der Waals surface area contributed by atoms with E-state index < -0.39 is 0 Å². The number of carbonyl (C=O) groups is 1. The molecule has 1 aromatic carbocycles. The Hall–Kier alpha value is -2.56. The van der Waals surface area contributed by atoms with Crippen molar-refractivity contribution in [2.24, 2.45) is 0 Å². The summed E-state index contributed by atoms with van der Waals surface area (Å²) in [6.45, 7) is 0.588. The molecular formula is C17H20N2O3. The summed E-state index contributed by atoms with van der Waals surface area (Å²) in [6, 6.07) is 10.9. The number of benzene rings is 1. The highest BCUT2D eigenvalue weighted by molar-refractivity contribution is 5.97. The minimum Gasteiger partial charge on any atom is -0.497 e. The SMILES string of the molecule is COc1ccc(C(=O)N(C)CCc2ccccn2)c(OC)c1. The van der Waals surface area contributed by atoms with Crippen LogP contribution in [0.5, 0.6) is 11.5 Å². The third-order valence-corrected chi connectivity index (χ3v) is 3.42. The number of amides is 1. The van der Waals surface area contributed by atoms with Gasteiger partial charge in [0, 0.05) is 38.0 Å². The summed E-state index contributed by atoms with van der Waals surface area (Å²) < 4.78 is 10.4. The van der Waals surface area contributed by atoms with E-state index in [9.17, 15) is 4.79 Å². The Labute approximate surface area is 130 Å². The van der Waals surface area contributed by atoms with Gasteiger partial charge in [0.2, 0.25) is 0 Å². The molecule has 1 heterocycles. The smallest absolute Gasteiger partial charge is 0.257 e. The summed E-state index contributed by atoms with van der Waals surface area (Å²) in [5.74, 6) is 1.08. The third-order valence-electron chi connectivity index (χ3n) is 3.42. The van der Waals surface area contributed by atoms with Gasteiger partial charge in [-0.25, -0.2) is 0 Å². The molecule has 0 aliphatic heterocycles. The molecule has 2 rings (SSSR count). The van der Waals surface area contributed by atoms with Crippen LogP contribution >= 0.6 is 0 Å². The van der Waals surface area contributed by atoms with Crippen molar-refractivity contribution in [2.45, 2.75) is 6.42 Å². The molecule has 0 radical (unpaired) electrons. The second-order valence-electron chi connectivity index (χ2n) is 4.86. The fourth-order valence-electron chi connectivity index (χ4n) is 2.11. The number of aromatic nitrogens is 1. The molecule has 1 aromatic heterocycles. The monoisotopic (exact) mass is 300 g/mol. The lowest BCUT2D eigenvalue weighted by Crippen LogP contribution is -2.29. The van der Waals surface area contributed by atoms with E-state index in [2.05, 4.69) is 4.98 Å². The molecule has 0 saturated heterocycles. The largest absolute Gasteiger partial charge is 0.497 e. The van der Waals surface area contributed by atoms with Gasteiger partial charge in [0.25, 0.3) is 5.91 Å². The fraction of sp³-hybridized carbons (Fsp3) is 0.294. The summed E-state index contributed by atoms with van der Waals surface area (Å²) in [5.41, 5.74) is 1.48. The molecule has 116 valence electrons. The van der Waals surface area contributed by atoms with Gasteiger partial charge in [-0.05, 0) is 24.3 Å². The number of nitrogens with zero attached hydrogens (tertiary/aromatic N) is 2. The second kappa shape index (κ2) is 7.45. The molecule has 0 fully saturated rings. The maximum absolute atomic E-state index is 12.5. The van der Waals surface area contributed by atoms with Crippen molar-refractivity contribution >= 4 is 5.91 Å². The van der Waals surface area contributed by atoms with Gasteiger partial charge < -0.3 is 14.4 Å². The second-order valence-corrected chi connectivity index (χ2v) is 4.86. The molecule has 0 saturated carbocycles. The molecule has 5 heteroatoms. The molecule has 0 unspecified atom stereocenters. The van der Waals surface area contributed by atoms with E-state index in [4.69, 9.17) is 9.47 Å². The van der Waals surface area contributed by atoms with Crippen molar-refractivity contribution < 1.29 is 14.3 Å². The molecule has 0 spiro atoms. The lowest BCUT2D eigenvalue weighted by molar-refractivity contribution is 0.0793. The van der Waals surface area contributed by atoms with Crippen LogP contribution in [0.25, 0.3) is 0 Å². The van der Waals surface area contributed by atoms with Crippen LogP contribution in [0, 0.1) is 0 Å². The van der Waals surface area contributed by atoms with Crippen LogP contribution in [0.3, 0.4) is 0 Å². The number of hydrogen-bond donors (Lipinski definition) is 0. The third kappa shape index (κ3) is 3.75. The minimum absolute atomic E-state index is 0.0876. The van der Waals surface area contributed by atoms with Crippen molar-refractivity contribution in [1.29, 1.82) is 0 Å². The van der Waals surface area contributed by atoms with E-state index in [1.807, 2.05) is 18.2 Å². The van der Waals surface area contributed by atoms with Crippen molar-refractivity contribution in [3.05, 3.63) is 53.9 Å². The van der Waals surface area contributed by atoms with Crippen LogP contribution < -0.4 is 9.47 Å². The van der Waals surface area contributed by atoms with Crippen molar-refractivity contribution in [2.75, 3.05) is 27.8 Å². The predicted molar refractivity (Wildman–Crippen MR) is 84.4 cm³/mol. The molecule has 0 bridgehead atoms. The number of rotatable bonds is 6. The summed E-state index contributed by atoms with van der Waals surface area (Å²) >= 11 is 0. The number of pyridine rings is 1. The Bertz CT molecular complexity index is 629. The Balaban J connectivity index is 2.07. The standard InChI is InChI=1S/C17H20N2O3/c1-19(11-9-13-6-4-5-10-18-13)17(20)15-8-7-14(21-2)12-16(15)22-3/h4-8,10,12H,9,11H2,1-3H3. The van der Waals surface area contributed by atoms with Gasteiger partial charge >= 0.3 is 0 Å². The highest BCUT2D eigenvalue weighted by atomic mass is 16.5. The predicted octanol–water partition coefficient (Wildman–Crippen LogP) is 2.41. The van der Waals surface area contributed by atoms with E-state index in [0.717, 1.165) is 5.69 Å². The van der Waals surface area contributed by atoms with Gasteiger partial charge in [-0.1, -0.05) is 6.07 Å². The zero-order chi connectivity index (χ0) is 15.9. The topological polar surface area (TPSA) is 51.7 Å². The number of methoxy groups -OCH3 is 2. The van der Waals surface area contributed by atoms with Crippen LogP contribution in [-0.2, 0) is 6.42 Å². The highest BCUT2D eigenvalue weighted by Crippen LogP contribution is 2.25. The number of likely N-dealkylation sites (N-methyl/N-ethyl adjacent to an activating group) is 1. The van der Waals surface area contributed by atoms with Gasteiger partial charge in [-0.2, -0.15) is 0 Å². The van der Waals surface area contributed by atoms with Gasteiger partial charge in [0.1, 0.15) is 11.5 Å². The quantitative estimate of drug-likeness (QED) is 0.822. The first-order chi connectivity index (χ1) is 10.7. The first kappa shape index (κ1) is 15.8. The van der Waals surface area contributed by atoms with Crippen molar-refractivity contribution in [3.8, 4) is 11.5 Å². The summed E-state index contributed by atoms with van der Waals surface area (Å²) in [4.78, 5) is 18.5. The fourth-order valence-corrected chi connectivity index (χ4v) is 2.11. The molecule has 22 heavy (non-hydrogen) atoms. The molecule has 0 aliphatic carbocycles. The maximum Gasteiger partial charge on any atom is 0.257 e. The van der Waals surface area contributed by atoms with E-state index in [-0.39, 0.29) is 5.91 Å². The van der Waals surface area contributed by atoms with Crippen molar-refractivity contribution in [3.63, 3.8) is 0 Å². The van der Waals surface area contributed by atoms with Crippen LogP contribution in [0.2, 0.25) is 0 Å². The Morgan fingerprint density at radius 2 is 2.00 bits per heavy atom. The molecule has 5 nitrogen and oxygen atoms in total. The van der Waals surface area contributed by atoms with Gasteiger partial charge in [-0.3, -0.25) is 9.78 Å². The van der Waals surface area contributed by atoms with Crippen LogP contribution in [0.1, 0.15) is 16.1 Å². The summed E-state index contributed by atoms with van der Waals surface area (Å²) in [7, 11) is 4.89. The first-order valence-electron chi connectivity index (χ1n) is 7.03. The Kier molecular flexibility index (Phi) is 5.36. The molecule has 0 N–H and O–H groups in total. The molecule has 0 aliphatic rings. The first-order valence-corrected chi connectivity index (χ1v) is 7.03. The van der Waals surface area contributed by atoms with Gasteiger partial charge in [0.05, 0.1) is 19.8 Å². The average molecular weight is 300 g/mol. The van der Waals surface area contributed by atoms with Crippen LogP contribution in [-0.4, -0.2) is 43.6 Å². The average Bonchev–Trinajstić information content (AvgIpc) is 2.59. The molecular weight excluding hydrogens is 280 g/mol. The lowest BCUT2D eigenvalue weighted by Gasteiger charge is -2.18. The Morgan fingerprint density at radius 1 is 1.18 bits per heavy atom. The van der Waals surface area contributed by atoms with E-state index in [1.165, 1.54) is 0 Å². The molecule has 2 aromatic rings. The lowest BCUT2D eigenvalue weighted by atomic mass is 10.1. The number of ether oxygens (including phenoxy) is 2. The zero-order valence-corrected chi connectivity index (χ0v) is 13.1. The summed E-state index contributed by atoms with van der Waals surface area (Å²) in [6.07, 6.45) is 2.46. The van der Waals surface area contributed by atoms with Crippen LogP contribution in [0.4, 0.5) is 0 Å². The molecule has 0 atom stereocenters. The van der Waals surface area contributed by atoms with Crippen LogP contribution in [0.15, 0.2) is 42.6 Å². The molecule has 1 amide bonds. The normalized spacial score (nSPS) is 10.1. The van der Waals surface area contributed by atoms with E-state index >= 15 is 0 Å². The minimum atomic E-state index is -0.0876. The maximum atomic E-state index is 12.5. The summed E-state index contributed by atoms with van der Waals surface area (Å²) in [5, 5.41) is 0. The zero-order valence-electron chi connectivity index (χ0n) is 13.1. The number of hydrogen-bond acceptors (Lipinski definition) is 4. The van der Waals surface area contributed by atoms with Crippen molar-refractivity contribution in [1.82, 2.24) is 9.88 Å².